The first kappa shape index (κ1) is 59.6. The Kier molecular flexibility index (Phi) is 49.3. The molecule has 0 fully saturated rings. The van der Waals surface area contributed by atoms with Crippen LogP contribution in [0.3, 0.4) is 0 Å². The molecule has 362 valence electrons. The van der Waals surface area contributed by atoms with E-state index in [9.17, 15) is 14.4 Å². The number of hydrogen-bond acceptors (Lipinski definition) is 6. The summed E-state index contributed by atoms with van der Waals surface area (Å²) in [5.74, 6) is -0.879. The molecule has 0 unspecified atom stereocenters. The van der Waals surface area contributed by atoms with Crippen molar-refractivity contribution in [2.24, 2.45) is 0 Å². The second kappa shape index (κ2) is 51.3. The number of hydrogen-bond donors (Lipinski definition) is 0. The Morgan fingerprint density at radius 2 is 0.581 bits per heavy atom. The van der Waals surface area contributed by atoms with Crippen LogP contribution in [0.1, 0.15) is 284 Å². The van der Waals surface area contributed by atoms with Gasteiger partial charge in [-0.1, -0.05) is 224 Å². The zero-order valence-electron chi connectivity index (χ0n) is 41.4. The van der Waals surface area contributed by atoms with Gasteiger partial charge in [0.15, 0.2) is 6.10 Å². The molecule has 0 aliphatic carbocycles. The molecule has 0 bridgehead atoms. The van der Waals surface area contributed by atoms with Crippen molar-refractivity contribution in [2.45, 2.75) is 290 Å². The standard InChI is InChI=1S/C56H102O6/c1-4-7-10-13-16-19-22-25-27-28-29-32-34-37-40-43-46-49-55(58)61-52-53(51-60-54(57)48-45-42-39-36-33-30-24-21-18-15-12-9-6-3)62-56(59)50-47-44-41-38-35-31-26-23-20-17-14-11-8-5-2/h16,19,23,25-27,53H,4-15,17-18,20-22,24,28-52H2,1-3H3/b19-16-,26-23-,27-25-/t53-/m1/s1. The smallest absolute Gasteiger partial charge is 0.306 e. The van der Waals surface area contributed by atoms with Gasteiger partial charge in [0, 0.05) is 19.3 Å². The summed E-state index contributed by atoms with van der Waals surface area (Å²) in [5, 5.41) is 0. The van der Waals surface area contributed by atoms with Crippen LogP contribution in [-0.4, -0.2) is 37.2 Å². The first-order valence-corrected chi connectivity index (χ1v) is 27.0. The quantitative estimate of drug-likeness (QED) is 0.0262. The number of esters is 3. The van der Waals surface area contributed by atoms with Gasteiger partial charge in [0.1, 0.15) is 13.2 Å². The summed E-state index contributed by atoms with van der Waals surface area (Å²) in [6.07, 6.45) is 59.8. The van der Waals surface area contributed by atoms with Crippen LogP contribution in [-0.2, 0) is 28.6 Å². The van der Waals surface area contributed by atoms with E-state index >= 15 is 0 Å². The van der Waals surface area contributed by atoms with Crippen LogP contribution in [0.2, 0.25) is 0 Å². The second-order valence-electron chi connectivity index (χ2n) is 18.1. The van der Waals surface area contributed by atoms with Gasteiger partial charge in [-0.25, -0.2) is 0 Å². The molecule has 0 saturated carbocycles. The third-order valence-corrected chi connectivity index (χ3v) is 11.9. The fraction of sp³-hybridized carbons (Fsp3) is 0.839. The van der Waals surface area contributed by atoms with Gasteiger partial charge < -0.3 is 14.2 Å². The van der Waals surface area contributed by atoms with E-state index < -0.39 is 6.10 Å². The third-order valence-electron chi connectivity index (χ3n) is 11.9. The molecule has 0 aromatic heterocycles. The molecular weight excluding hydrogens is 769 g/mol. The van der Waals surface area contributed by atoms with Crippen LogP contribution in [0.15, 0.2) is 36.5 Å². The molecule has 0 heterocycles. The lowest BCUT2D eigenvalue weighted by atomic mass is 10.0. The van der Waals surface area contributed by atoms with Crippen molar-refractivity contribution in [2.75, 3.05) is 13.2 Å². The Morgan fingerprint density at radius 1 is 0.323 bits per heavy atom. The van der Waals surface area contributed by atoms with E-state index in [-0.39, 0.29) is 31.1 Å². The largest absolute Gasteiger partial charge is 0.462 e. The van der Waals surface area contributed by atoms with E-state index in [2.05, 4.69) is 57.2 Å². The number of carbonyl (C=O) groups is 3. The molecule has 0 spiro atoms. The molecule has 0 amide bonds. The van der Waals surface area contributed by atoms with Gasteiger partial charge in [-0.2, -0.15) is 0 Å². The van der Waals surface area contributed by atoms with E-state index in [1.54, 1.807) is 0 Å². The molecule has 62 heavy (non-hydrogen) atoms. The van der Waals surface area contributed by atoms with Crippen molar-refractivity contribution in [3.05, 3.63) is 36.5 Å². The van der Waals surface area contributed by atoms with Gasteiger partial charge in [0.05, 0.1) is 0 Å². The summed E-state index contributed by atoms with van der Waals surface area (Å²) < 4.78 is 16.8. The van der Waals surface area contributed by atoms with Crippen LogP contribution < -0.4 is 0 Å². The lowest BCUT2D eigenvalue weighted by molar-refractivity contribution is -0.167. The van der Waals surface area contributed by atoms with Crippen LogP contribution in [0.25, 0.3) is 0 Å². The topological polar surface area (TPSA) is 78.9 Å². The number of allylic oxidation sites excluding steroid dienone is 6. The van der Waals surface area contributed by atoms with Crippen molar-refractivity contribution in [1.82, 2.24) is 0 Å². The van der Waals surface area contributed by atoms with Crippen LogP contribution in [0, 0.1) is 0 Å². The minimum Gasteiger partial charge on any atom is -0.462 e. The monoisotopic (exact) mass is 871 g/mol. The number of carbonyl (C=O) groups excluding carboxylic acids is 3. The molecule has 0 radical (unpaired) electrons. The SMILES string of the molecule is CCCCC/C=C\C/C=C\CCCCCCCCCC(=O)OC[C@@H](COC(=O)CCCCCCCCCCCCCCC)OC(=O)CCCCCCC/C=C\CCCCCCC. The molecule has 0 aliphatic rings. The Hall–Kier alpha value is -2.37. The molecule has 0 aromatic rings. The summed E-state index contributed by atoms with van der Waals surface area (Å²) in [4.78, 5) is 38.0. The van der Waals surface area contributed by atoms with Gasteiger partial charge in [-0.05, 0) is 77.0 Å². The highest BCUT2D eigenvalue weighted by molar-refractivity contribution is 5.71. The maximum Gasteiger partial charge on any atom is 0.306 e. The van der Waals surface area contributed by atoms with Crippen molar-refractivity contribution in [3.8, 4) is 0 Å². The third kappa shape index (κ3) is 48.7. The minimum atomic E-state index is -0.776. The van der Waals surface area contributed by atoms with Gasteiger partial charge in [0.25, 0.3) is 0 Å². The first-order valence-electron chi connectivity index (χ1n) is 27.0. The molecule has 0 aliphatic heterocycles. The zero-order chi connectivity index (χ0) is 45.1. The molecule has 0 N–H and O–H groups in total. The molecular formula is C56H102O6. The van der Waals surface area contributed by atoms with E-state index in [1.165, 1.54) is 167 Å². The maximum atomic E-state index is 12.8. The average molecular weight is 871 g/mol. The van der Waals surface area contributed by atoms with Crippen molar-refractivity contribution in [1.29, 1.82) is 0 Å². The highest BCUT2D eigenvalue weighted by atomic mass is 16.6. The van der Waals surface area contributed by atoms with Gasteiger partial charge in [-0.15, -0.1) is 0 Å². The van der Waals surface area contributed by atoms with Crippen LogP contribution in [0.5, 0.6) is 0 Å². The minimum absolute atomic E-state index is 0.0749. The molecule has 0 rings (SSSR count). The Labute approximate surface area is 385 Å². The van der Waals surface area contributed by atoms with E-state index in [1.807, 2.05) is 0 Å². The number of ether oxygens (including phenoxy) is 3. The molecule has 6 nitrogen and oxygen atoms in total. The normalized spacial score (nSPS) is 12.2. The lowest BCUT2D eigenvalue weighted by Crippen LogP contribution is -2.30. The molecule has 1 atom stereocenters. The van der Waals surface area contributed by atoms with Crippen molar-refractivity contribution < 1.29 is 28.6 Å². The number of unbranched alkanes of at least 4 members (excludes halogenated alkanes) is 32. The lowest BCUT2D eigenvalue weighted by Gasteiger charge is -2.18. The number of rotatable bonds is 49. The Balaban J connectivity index is 4.36. The predicted molar refractivity (Wildman–Crippen MR) is 266 cm³/mol. The van der Waals surface area contributed by atoms with Crippen molar-refractivity contribution >= 4 is 17.9 Å². The summed E-state index contributed by atoms with van der Waals surface area (Å²) in [6, 6.07) is 0. The van der Waals surface area contributed by atoms with E-state index in [4.69, 9.17) is 14.2 Å². The first-order chi connectivity index (χ1) is 30.5. The van der Waals surface area contributed by atoms with E-state index in [0.717, 1.165) is 77.0 Å². The van der Waals surface area contributed by atoms with Gasteiger partial charge >= 0.3 is 17.9 Å². The fourth-order valence-corrected chi connectivity index (χ4v) is 7.76. The summed E-state index contributed by atoms with van der Waals surface area (Å²) >= 11 is 0. The van der Waals surface area contributed by atoms with Gasteiger partial charge in [0.2, 0.25) is 0 Å². The summed E-state index contributed by atoms with van der Waals surface area (Å²) in [6.45, 7) is 6.61. The Morgan fingerprint density at radius 3 is 0.935 bits per heavy atom. The summed E-state index contributed by atoms with van der Waals surface area (Å²) in [7, 11) is 0. The highest BCUT2D eigenvalue weighted by Gasteiger charge is 2.19. The fourth-order valence-electron chi connectivity index (χ4n) is 7.76. The second-order valence-corrected chi connectivity index (χ2v) is 18.1. The van der Waals surface area contributed by atoms with Crippen molar-refractivity contribution in [3.63, 3.8) is 0 Å². The molecule has 6 heteroatoms. The van der Waals surface area contributed by atoms with Crippen LogP contribution >= 0.6 is 0 Å². The zero-order valence-corrected chi connectivity index (χ0v) is 41.4. The highest BCUT2D eigenvalue weighted by Crippen LogP contribution is 2.15. The van der Waals surface area contributed by atoms with Gasteiger partial charge in [-0.3, -0.25) is 14.4 Å². The van der Waals surface area contributed by atoms with E-state index in [0.29, 0.717) is 19.3 Å². The molecule has 0 saturated heterocycles. The average Bonchev–Trinajstić information content (AvgIpc) is 3.27. The maximum absolute atomic E-state index is 12.8. The molecule has 0 aromatic carbocycles. The summed E-state index contributed by atoms with van der Waals surface area (Å²) in [5.41, 5.74) is 0. The predicted octanol–water partition coefficient (Wildman–Crippen LogP) is 17.7. The Bertz CT molecular complexity index is 1050. The van der Waals surface area contributed by atoms with Crippen LogP contribution in [0.4, 0.5) is 0 Å².